The zero-order chi connectivity index (χ0) is 13.4. The van der Waals surface area contributed by atoms with Crippen LogP contribution in [0.3, 0.4) is 0 Å². The van der Waals surface area contributed by atoms with Crippen molar-refractivity contribution in [2.24, 2.45) is 11.7 Å². The highest BCUT2D eigenvalue weighted by Crippen LogP contribution is 2.15. The third-order valence-electron chi connectivity index (χ3n) is 3.03. The molecule has 0 aliphatic carbocycles. The van der Waals surface area contributed by atoms with Crippen molar-refractivity contribution in [1.29, 1.82) is 0 Å². The topological polar surface area (TPSA) is 48.1 Å². The molecule has 2 N–H and O–H groups in total. The minimum absolute atomic E-state index is 0.375. The van der Waals surface area contributed by atoms with Gasteiger partial charge in [-0.1, -0.05) is 45.3 Å². The number of nitrogens with zero attached hydrogens (tertiary/aromatic N) is 1. The van der Waals surface area contributed by atoms with Crippen molar-refractivity contribution in [1.82, 2.24) is 4.98 Å². The van der Waals surface area contributed by atoms with Crippen LogP contribution in [0, 0.1) is 5.92 Å². The van der Waals surface area contributed by atoms with Crippen molar-refractivity contribution < 1.29 is 4.74 Å². The fourth-order valence-electron chi connectivity index (χ4n) is 1.74. The largest absolute Gasteiger partial charge is 0.477 e. The second-order valence-corrected chi connectivity index (χ2v) is 4.91. The molecule has 0 amide bonds. The van der Waals surface area contributed by atoms with E-state index in [9.17, 15) is 0 Å². The molecule has 0 fully saturated rings. The van der Waals surface area contributed by atoms with E-state index >= 15 is 0 Å². The molecule has 0 saturated heterocycles. The molecule has 0 radical (unpaired) electrons. The average molecular weight is 266 g/mol. The fourth-order valence-corrected chi connectivity index (χ4v) is 1.87. The van der Waals surface area contributed by atoms with E-state index in [-0.39, 0.29) is 0 Å². The number of rotatable bonds is 8. The first-order valence-corrected chi connectivity index (χ1v) is 6.96. The lowest BCUT2D eigenvalue weighted by atomic mass is 10.0. The first kappa shape index (κ1) is 14.9. The highest BCUT2D eigenvalue weighted by atomic mass is 32.1. The molecule has 0 aromatic carbocycles. The summed E-state index contributed by atoms with van der Waals surface area (Å²) in [5.41, 5.74) is 6.38. The molecule has 0 spiro atoms. The summed E-state index contributed by atoms with van der Waals surface area (Å²) >= 11 is 4.93. The molecular formula is C14H22N2OS. The van der Waals surface area contributed by atoms with E-state index < -0.39 is 0 Å². The van der Waals surface area contributed by atoms with Gasteiger partial charge in [0.15, 0.2) is 0 Å². The molecule has 1 heterocycles. The van der Waals surface area contributed by atoms with E-state index in [0.29, 0.717) is 23.4 Å². The second kappa shape index (κ2) is 8.03. The van der Waals surface area contributed by atoms with Crippen LogP contribution < -0.4 is 10.5 Å². The van der Waals surface area contributed by atoms with Crippen LogP contribution >= 0.6 is 12.2 Å². The number of aromatic nitrogens is 1. The lowest BCUT2D eigenvalue weighted by molar-refractivity contribution is 0.226. The first-order chi connectivity index (χ1) is 8.67. The normalized spacial score (nSPS) is 12.1. The van der Waals surface area contributed by atoms with Crippen LogP contribution in [0.1, 0.15) is 45.1 Å². The summed E-state index contributed by atoms with van der Waals surface area (Å²) in [4.78, 5) is 4.55. The molecule has 0 aliphatic rings. The molecule has 100 valence electrons. The molecule has 0 bridgehead atoms. The number of ether oxygens (including phenoxy) is 1. The number of unbranched alkanes of at least 4 members (excludes halogenated alkanes) is 1. The zero-order valence-corrected chi connectivity index (χ0v) is 12.0. The Kier molecular flexibility index (Phi) is 6.65. The number of nitrogens with two attached hydrogens (primary N) is 1. The predicted octanol–water partition coefficient (Wildman–Crippen LogP) is 3.31. The van der Waals surface area contributed by atoms with Gasteiger partial charge in [0, 0.05) is 17.8 Å². The van der Waals surface area contributed by atoms with Gasteiger partial charge in [0.05, 0.1) is 6.61 Å². The standard InChI is InChI=1S/C14H22N2OS/c1-3-5-6-11(4-2)10-17-13-9-12(14(15)18)7-8-16-13/h7-9,11H,3-6,10H2,1-2H3,(H2,15,18). The maximum atomic E-state index is 5.72. The van der Waals surface area contributed by atoms with E-state index in [0.717, 1.165) is 12.0 Å². The molecule has 0 saturated carbocycles. The van der Waals surface area contributed by atoms with Crippen molar-refractivity contribution >= 4 is 17.2 Å². The SMILES string of the molecule is CCCCC(CC)COc1cc(C(N)=S)ccn1. The van der Waals surface area contributed by atoms with E-state index in [4.69, 9.17) is 22.7 Å². The molecule has 18 heavy (non-hydrogen) atoms. The van der Waals surface area contributed by atoms with Crippen LogP contribution in [0.2, 0.25) is 0 Å². The number of hydrogen-bond donors (Lipinski definition) is 1. The summed E-state index contributed by atoms with van der Waals surface area (Å²) < 4.78 is 5.72. The quantitative estimate of drug-likeness (QED) is 0.733. The molecule has 4 heteroatoms. The molecular weight excluding hydrogens is 244 g/mol. The summed E-state index contributed by atoms with van der Waals surface area (Å²) in [5, 5.41) is 0. The van der Waals surface area contributed by atoms with Crippen LogP contribution in [-0.2, 0) is 0 Å². The van der Waals surface area contributed by atoms with E-state index in [2.05, 4.69) is 18.8 Å². The molecule has 1 rings (SSSR count). The second-order valence-electron chi connectivity index (χ2n) is 4.47. The number of thiocarbonyl (C=S) groups is 1. The summed E-state index contributed by atoms with van der Waals surface area (Å²) in [5.74, 6) is 1.20. The van der Waals surface area contributed by atoms with Gasteiger partial charge in [0.25, 0.3) is 0 Å². The molecule has 1 unspecified atom stereocenters. The van der Waals surface area contributed by atoms with Crippen molar-refractivity contribution in [2.45, 2.75) is 39.5 Å². The predicted molar refractivity (Wildman–Crippen MR) is 78.9 cm³/mol. The van der Waals surface area contributed by atoms with Crippen LogP contribution in [0.5, 0.6) is 5.88 Å². The van der Waals surface area contributed by atoms with Gasteiger partial charge in [-0.05, 0) is 18.4 Å². The fraction of sp³-hybridized carbons (Fsp3) is 0.571. The van der Waals surface area contributed by atoms with Gasteiger partial charge in [0.1, 0.15) is 4.99 Å². The monoisotopic (exact) mass is 266 g/mol. The van der Waals surface area contributed by atoms with Gasteiger partial charge in [-0.2, -0.15) is 0 Å². The summed E-state index contributed by atoms with van der Waals surface area (Å²) in [6, 6.07) is 3.60. The average Bonchev–Trinajstić information content (AvgIpc) is 2.39. The van der Waals surface area contributed by atoms with E-state index in [1.54, 1.807) is 18.3 Å². The highest BCUT2D eigenvalue weighted by molar-refractivity contribution is 7.80. The van der Waals surface area contributed by atoms with Gasteiger partial charge < -0.3 is 10.5 Å². The van der Waals surface area contributed by atoms with Crippen LogP contribution in [0.25, 0.3) is 0 Å². The van der Waals surface area contributed by atoms with Gasteiger partial charge >= 0.3 is 0 Å². The van der Waals surface area contributed by atoms with Crippen molar-refractivity contribution in [3.63, 3.8) is 0 Å². The Labute approximate surface area is 115 Å². The smallest absolute Gasteiger partial charge is 0.213 e. The maximum Gasteiger partial charge on any atom is 0.213 e. The Morgan fingerprint density at radius 1 is 1.50 bits per heavy atom. The third-order valence-corrected chi connectivity index (χ3v) is 3.27. The minimum Gasteiger partial charge on any atom is -0.477 e. The molecule has 1 aromatic rings. The summed E-state index contributed by atoms with van der Waals surface area (Å²) in [6.45, 7) is 5.12. The van der Waals surface area contributed by atoms with Crippen molar-refractivity contribution in [3.05, 3.63) is 23.9 Å². The van der Waals surface area contributed by atoms with Crippen LogP contribution in [-0.4, -0.2) is 16.6 Å². The summed E-state index contributed by atoms with van der Waals surface area (Å²) in [6.07, 6.45) is 6.50. The first-order valence-electron chi connectivity index (χ1n) is 6.56. The molecule has 3 nitrogen and oxygen atoms in total. The molecule has 1 aromatic heterocycles. The Hall–Kier alpha value is -1.16. The van der Waals surface area contributed by atoms with Crippen LogP contribution in [0.4, 0.5) is 0 Å². The number of hydrogen-bond acceptors (Lipinski definition) is 3. The van der Waals surface area contributed by atoms with Gasteiger partial charge in [-0.25, -0.2) is 4.98 Å². The maximum absolute atomic E-state index is 5.72. The van der Waals surface area contributed by atoms with Gasteiger partial charge in [-0.3, -0.25) is 0 Å². The minimum atomic E-state index is 0.375. The number of pyridine rings is 1. The highest BCUT2D eigenvalue weighted by Gasteiger charge is 2.08. The van der Waals surface area contributed by atoms with Crippen LogP contribution in [0.15, 0.2) is 18.3 Å². The Morgan fingerprint density at radius 2 is 2.28 bits per heavy atom. The van der Waals surface area contributed by atoms with Crippen molar-refractivity contribution in [2.75, 3.05) is 6.61 Å². The molecule has 1 atom stereocenters. The van der Waals surface area contributed by atoms with E-state index in [1.807, 2.05) is 0 Å². The molecule has 0 aliphatic heterocycles. The summed E-state index contributed by atoms with van der Waals surface area (Å²) in [7, 11) is 0. The Morgan fingerprint density at radius 3 is 2.89 bits per heavy atom. The third kappa shape index (κ3) is 5.00. The lowest BCUT2D eigenvalue weighted by Gasteiger charge is -2.15. The van der Waals surface area contributed by atoms with Crippen molar-refractivity contribution in [3.8, 4) is 5.88 Å². The Bertz CT molecular complexity index is 382. The van der Waals surface area contributed by atoms with E-state index in [1.165, 1.54) is 19.3 Å². The lowest BCUT2D eigenvalue weighted by Crippen LogP contribution is -2.13. The van der Waals surface area contributed by atoms with Gasteiger partial charge in [0.2, 0.25) is 5.88 Å². The Balaban J connectivity index is 2.51. The van der Waals surface area contributed by atoms with Gasteiger partial charge in [-0.15, -0.1) is 0 Å². The zero-order valence-electron chi connectivity index (χ0n) is 11.2.